The van der Waals surface area contributed by atoms with E-state index in [2.05, 4.69) is 10.6 Å². The number of aromatic hydroxyl groups is 1. The first kappa shape index (κ1) is 19.6. The molecule has 0 aliphatic carbocycles. The normalized spacial score (nSPS) is 16.2. The molecule has 7 nitrogen and oxygen atoms in total. The van der Waals surface area contributed by atoms with Gasteiger partial charge in [-0.05, 0) is 18.6 Å². The number of hydrogen-bond donors (Lipinski definition) is 3. The molecule has 1 aliphatic rings. The Labute approximate surface area is 166 Å². The zero-order valence-electron chi connectivity index (χ0n) is 15.3. The number of ether oxygens (including phenoxy) is 2. The van der Waals surface area contributed by atoms with Crippen molar-refractivity contribution in [2.24, 2.45) is 0 Å². The van der Waals surface area contributed by atoms with Crippen LogP contribution in [0.1, 0.15) is 24.1 Å². The number of benzene rings is 2. The maximum atomic E-state index is 12.8. The Hall–Kier alpha value is -3.19. The van der Waals surface area contributed by atoms with Gasteiger partial charge in [-0.15, -0.1) is 0 Å². The first-order chi connectivity index (χ1) is 13.5. The van der Waals surface area contributed by atoms with Gasteiger partial charge in [0.2, 0.25) is 0 Å². The second-order valence-corrected chi connectivity index (χ2v) is 6.39. The van der Waals surface area contributed by atoms with E-state index in [1.54, 1.807) is 31.2 Å². The highest BCUT2D eigenvalue weighted by Crippen LogP contribution is 2.41. The number of carbonyl (C=O) groups is 2. The van der Waals surface area contributed by atoms with Crippen molar-refractivity contribution in [3.63, 3.8) is 0 Å². The Morgan fingerprint density at radius 1 is 1.25 bits per heavy atom. The van der Waals surface area contributed by atoms with Crippen LogP contribution < -0.4 is 15.4 Å². The summed E-state index contributed by atoms with van der Waals surface area (Å²) in [6.45, 7) is 1.83. The van der Waals surface area contributed by atoms with Crippen LogP contribution >= 0.6 is 11.6 Å². The van der Waals surface area contributed by atoms with Gasteiger partial charge in [0.15, 0.2) is 11.5 Å². The number of methoxy groups -OCH3 is 1. The van der Waals surface area contributed by atoms with Crippen LogP contribution in [0.15, 0.2) is 48.0 Å². The molecule has 2 aromatic carbocycles. The predicted molar refractivity (Wildman–Crippen MR) is 104 cm³/mol. The summed E-state index contributed by atoms with van der Waals surface area (Å²) >= 11 is 6.15. The topological polar surface area (TPSA) is 96.9 Å². The highest BCUT2D eigenvalue weighted by atomic mass is 35.5. The molecule has 28 heavy (non-hydrogen) atoms. The Bertz CT molecular complexity index is 943. The second kappa shape index (κ2) is 8.22. The molecule has 0 spiro atoms. The van der Waals surface area contributed by atoms with Gasteiger partial charge in [0, 0.05) is 16.7 Å². The smallest absolute Gasteiger partial charge is 0.338 e. The standard InChI is InChI=1S/C20H19ClN2O5/c1-3-28-19(25)15-16(11-7-5-4-6-8-11)22-20(26)23-17(15)13-9-12(21)10-14(27-2)18(13)24/h4-10,17,24H,3H2,1-2H3,(H2,22,23,26). The van der Waals surface area contributed by atoms with Crippen LogP contribution in [0.4, 0.5) is 4.79 Å². The SMILES string of the molecule is CCOC(=O)C1=C(c2ccccc2)NC(=O)NC1c1cc(Cl)cc(OC)c1O. The van der Waals surface area contributed by atoms with E-state index in [1.807, 2.05) is 6.07 Å². The van der Waals surface area contributed by atoms with E-state index in [1.165, 1.54) is 19.2 Å². The number of hydrogen-bond acceptors (Lipinski definition) is 5. The first-order valence-corrected chi connectivity index (χ1v) is 8.94. The number of carbonyl (C=O) groups excluding carboxylic acids is 2. The Morgan fingerprint density at radius 3 is 2.61 bits per heavy atom. The number of phenolic OH excluding ortho intramolecular Hbond substituents is 1. The average molecular weight is 403 g/mol. The van der Waals surface area contributed by atoms with Gasteiger partial charge >= 0.3 is 12.0 Å². The Kier molecular flexibility index (Phi) is 5.75. The summed E-state index contributed by atoms with van der Waals surface area (Å²) in [4.78, 5) is 25.2. The quantitative estimate of drug-likeness (QED) is 0.666. The molecular formula is C20H19ClN2O5. The lowest BCUT2D eigenvalue weighted by Crippen LogP contribution is -2.45. The number of rotatable bonds is 5. The van der Waals surface area contributed by atoms with Gasteiger partial charge in [-0.2, -0.15) is 0 Å². The fraction of sp³-hybridized carbons (Fsp3) is 0.200. The lowest BCUT2D eigenvalue weighted by Gasteiger charge is -2.30. The third-order valence-electron chi connectivity index (χ3n) is 4.23. The first-order valence-electron chi connectivity index (χ1n) is 8.56. The van der Waals surface area contributed by atoms with E-state index < -0.39 is 18.0 Å². The van der Waals surface area contributed by atoms with E-state index in [-0.39, 0.29) is 34.3 Å². The van der Waals surface area contributed by atoms with Crippen molar-refractivity contribution in [3.05, 3.63) is 64.2 Å². The predicted octanol–water partition coefficient (Wildman–Crippen LogP) is 3.38. The van der Waals surface area contributed by atoms with Crippen LogP contribution in [-0.2, 0) is 9.53 Å². The largest absolute Gasteiger partial charge is 0.504 e. The minimum Gasteiger partial charge on any atom is -0.504 e. The van der Waals surface area contributed by atoms with Gasteiger partial charge in [-0.25, -0.2) is 9.59 Å². The van der Waals surface area contributed by atoms with Crippen molar-refractivity contribution < 1.29 is 24.2 Å². The molecule has 0 bridgehead atoms. The van der Waals surface area contributed by atoms with Crippen molar-refractivity contribution in [3.8, 4) is 11.5 Å². The summed E-state index contributed by atoms with van der Waals surface area (Å²) in [5.41, 5.74) is 1.29. The molecule has 1 atom stereocenters. The van der Waals surface area contributed by atoms with Crippen molar-refractivity contribution in [2.75, 3.05) is 13.7 Å². The number of amides is 2. The fourth-order valence-corrected chi connectivity index (χ4v) is 3.25. The van der Waals surface area contributed by atoms with Crippen LogP contribution in [-0.4, -0.2) is 30.8 Å². The van der Waals surface area contributed by atoms with Gasteiger partial charge in [-0.1, -0.05) is 41.9 Å². The summed E-state index contributed by atoms with van der Waals surface area (Å²) in [5.74, 6) is -0.731. The molecule has 2 aromatic rings. The zero-order chi connectivity index (χ0) is 20.3. The van der Waals surface area contributed by atoms with E-state index in [4.69, 9.17) is 21.1 Å². The molecule has 0 radical (unpaired) electrons. The van der Waals surface area contributed by atoms with Crippen molar-refractivity contribution in [1.82, 2.24) is 10.6 Å². The lowest BCUT2D eigenvalue weighted by molar-refractivity contribution is -0.138. The molecule has 3 N–H and O–H groups in total. The average Bonchev–Trinajstić information content (AvgIpc) is 2.69. The molecule has 0 fully saturated rings. The van der Waals surface area contributed by atoms with Crippen LogP contribution in [0.25, 0.3) is 5.70 Å². The molecule has 8 heteroatoms. The van der Waals surface area contributed by atoms with Crippen LogP contribution in [0.5, 0.6) is 11.5 Å². The van der Waals surface area contributed by atoms with Gasteiger partial charge in [-0.3, -0.25) is 0 Å². The number of esters is 1. The summed E-state index contributed by atoms with van der Waals surface area (Å²) in [5, 5.41) is 16.2. The molecule has 0 saturated carbocycles. The van der Waals surface area contributed by atoms with Crippen LogP contribution in [0.3, 0.4) is 0 Å². The van der Waals surface area contributed by atoms with Crippen molar-refractivity contribution in [2.45, 2.75) is 13.0 Å². The van der Waals surface area contributed by atoms with E-state index >= 15 is 0 Å². The highest BCUT2D eigenvalue weighted by molar-refractivity contribution is 6.30. The maximum absolute atomic E-state index is 12.8. The fourth-order valence-electron chi connectivity index (χ4n) is 3.03. The molecule has 0 aromatic heterocycles. The molecule has 0 saturated heterocycles. The zero-order valence-corrected chi connectivity index (χ0v) is 16.0. The summed E-state index contributed by atoms with van der Waals surface area (Å²) in [6.07, 6.45) is 0. The number of phenols is 1. The Morgan fingerprint density at radius 2 is 1.96 bits per heavy atom. The third kappa shape index (κ3) is 3.75. The highest BCUT2D eigenvalue weighted by Gasteiger charge is 2.36. The number of urea groups is 1. The van der Waals surface area contributed by atoms with E-state index in [0.717, 1.165) is 0 Å². The Balaban J connectivity index is 2.25. The summed E-state index contributed by atoms with van der Waals surface area (Å²) in [7, 11) is 1.38. The maximum Gasteiger partial charge on any atom is 0.338 e. The monoisotopic (exact) mass is 402 g/mol. The number of halogens is 1. The molecule has 2 amide bonds. The summed E-state index contributed by atoms with van der Waals surface area (Å²) < 4.78 is 10.4. The molecule has 146 valence electrons. The van der Waals surface area contributed by atoms with Crippen LogP contribution in [0, 0.1) is 0 Å². The molecular weight excluding hydrogens is 384 g/mol. The molecule has 1 unspecified atom stereocenters. The van der Waals surface area contributed by atoms with E-state index in [0.29, 0.717) is 11.3 Å². The van der Waals surface area contributed by atoms with E-state index in [9.17, 15) is 14.7 Å². The lowest BCUT2D eigenvalue weighted by atomic mass is 9.92. The summed E-state index contributed by atoms with van der Waals surface area (Å²) in [6, 6.07) is 10.3. The molecule has 3 rings (SSSR count). The number of nitrogens with one attached hydrogen (secondary N) is 2. The second-order valence-electron chi connectivity index (χ2n) is 5.95. The minimum absolute atomic E-state index is 0.125. The van der Waals surface area contributed by atoms with Crippen LogP contribution in [0.2, 0.25) is 5.02 Å². The molecule has 1 aliphatic heterocycles. The van der Waals surface area contributed by atoms with Gasteiger partial charge in [0.25, 0.3) is 0 Å². The third-order valence-corrected chi connectivity index (χ3v) is 4.45. The molecule has 1 heterocycles. The minimum atomic E-state index is -0.990. The van der Waals surface area contributed by atoms with Gasteiger partial charge in [0.05, 0.1) is 31.0 Å². The van der Waals surface area contributed by atoms with Crippen molar-refractivity contribution in [1.29, 1.82) is 0 Å². The van der Waals surface area contributed by atoms with Crippen molar-refractivity contribution >= 4 is 29.3 Å². The van der Waals surface area contributed by atoms with Gasteiger partial charge < -0.3 is 25.2 Å². The van der Waals surface area contributed by atoms with Gasteiger partial charge in [0.1, 0.15) is 0 Å².